The summed E-state index contributed by atoms with van der Waals surface area (Å²) in [7, 11) is -3.24. The molecule has 0 spiro atoms. The summed E-state index contributed by atoms with van der Waals surface area (Å²) in [5, 5.41) is 2.30. The standard InChI is InChI=1S/C18H23N4O8P/c1-27-17(23)13(9-12-5-3-2-4-6-12)21-31(25,26)29-11-16-28-10-15(30-16)22-8-7-14(19)20-18(22)24/h2-8,13,15-16H,9-11H2,1H3,(H2,19,20,24)(H2,21,25,26). The Morgan fingerprint density at radius 1 is 1.42 bits per heavy atom. The highest BCUT2D eigenvalue weighted by atomic mass is 31.2. The van der Waals surface area contributed by atoms with Crippen molar-refractivity contribution >= 4 is 19.5 Å². The van der Waals surface area contributed by atoms with Crippen molar-refractivity contribution in [3.8, 4) is 0 Å². The van der Waals surface area contributed by atoms with E-state index in [0.29, 0.717) is 0 Å². The van der Waals surface area contributed by atoms with Crippen LogP contribution in [0.15, 0.2) is 47.4 Å². The zero-order valence-electron chi connectivity index (χ0n) is 16.6. The largest absolute Gasteiger partial charge is 0.468 e. The predicted molar refractivity (Wildman–Crippen MR) is 108 cm³/mol. The highest BCUT2D eigenvalue weighted by Crippen LogP contribution is 2.39. The van der Waals surface area contributed by atoms with Crippen LogP contribution < -0.4 is 16.5 Å². The molecule has 4 unspecified atom stereocenters. The molecular formula is C18H23N4O8P. The lowest BCUT2D eigenvalue weighted by Gasteiger charge is -2.21. The number of hydrogen-bond donors (Lipinski definition) is 3. The van der Waals surface area contributed by atoms with Crippen LogP contribution in [0.1, 0.15) is 11.8 Å². The minimum Gasteiger partial charge on any atom is -0.468 e. The summed E-state index contributed by atoms with van der Waals surface area (Å²) < 4.78 is 34.2. The first-order chi connectivity index (χ1) is 14.8. The normalized spacial score (nSPS) is 21.4. The van der Waals surface area contributed by atoms with E-state index in [1.807, 2.05) is 6.07 Å². The number of nitrogens with two attached hydrogens (primary N) is 1. The molecule has 1 aliphatic heterocycles. The van der Waals surface area contributed by atoms with Crippen molar-refractivity contribution in [2.45, 2.75) is 25.0 Å². The van der Waals surface area contributed by atoms with E-state index in [1.54, 1.807) is 24.3 Å². The summed E-state index contributed by atoms with van der Waals surface area (Å²) in [4.78, 5) is 37.7. The molecule has 12 nitrogen and oxygen atoms in total. The zero-order chi connectivity index (χ0) is 22.4. The van der Waals surface area contributed by atoms with Gasteiger partial charge in [-0.1, -0.05) is 30.3 Å². The molecule has 1 aromatic heterocycles. The molecule has 3 rings (SSSR count). The fourth-order valence-electron chi connectivity index (χ4n) is 2.89. The Morgan fingerprint density at radius 3 is 2.84 bits per heavy atom. The Labute approximate surface area is 177 Å². The van der Waals surface area contributed by atoms with Gasteiger partial charge in [0.2, 0.25) is 0 Å². The van der Waals surface area contributed by atoms with Gasteiger partial charge in [-0.3, -0.25) is 13.9 Å². The number of anilines is 1. The topological polar surface area (TPSA) is 164 Å². The van der Waals surface area contributed by atoms with E-state index in [0.717, 1.165) is 5.56 Å². The van der Waals surface area contributed by atoms with E-state index >= 15 is 0 Å². The number of nitrogens with one attached hydrogen (secondary N) is 1. The first-order valence-corrected chi connectivity index (χ1v) is 10.8. The van der Waals surface area contributed by atoms with Crippen molar-refractivity contribution in [2.75, 3.05) is 26.1 Å². The van der Waals surface area contributed by atoms with Crippen LogP contribution in [0.5, 0.6) is 0 Å². The summed E-state index contributed by atoms with van der Waals surface area (Å²) in [6.45, 7) is -0.421. The molecular weight excluding hydrogens is 431 g/mol. The van der Waals surface area contributed by atoms with Gasteiger partial charge in [0, 0.05) is 6.20 Å². The number of carbonyl (C=O) groups is 1. The molecule has 31 heavy (non-hydrogen) atoms. The Balaban J connectivity index is 1.56. The van der Waals surface area contributed by atoms with Crippen LogP contribution in [0, 0.1) is 0 Å². The molecule has 0 aliphatic carbocycles. The molecule has 0 bridgehead atoms. The van der Waals surface area contributed by atoms with Crippen molar-refractivity contribution in [3.63, 3.8) is 0 Å². The van der Waals surface area contributed by atoms with Crippen LogP contribution in [0.3, 0.4) is 0 Å². The average Bonchev–Trinajstić information content (AvgIpc) is 3.21. The number of rotatable bonds is 9. The van der Waals surface area contributed by atoms with Gasteiger partial charge in [-0.15, -0.1) is 0 Å². The first-order valence-electron chi connectivity index (χ1n) is 9.26. The van der Waals surface area contributed by atoms with Gasteiger partial charge in [-0.25, -0.2) is 14.4 Å². The average molecular weight is 454 g/mol. The second-order valence-electron chi connectivity index (χ2n) is 6.61. The number of methoxy groups -OCH3 is 1. The van der Waals surface area contributed by atoms with Crippen LogP contribution >= 0.6 is 7.75 Å². The van der Waals surface area contributed by atoms with Crippen molar-refractivity contribution in [1.82, 2.24) is 14.6 Å². The Hall–Kier alpha value is -2.60. The Bertz CT molecular complexity index is 1000. The van der Waals surface area contributed by atoms with Crippen LogP contribution in [-0.2, 0) is 34.5 Å². The smallest absolute Gasteiger partial charge is 0.403 e. The number of aromatic nitrogens is 2. The van der Waals surface area contributed by atoms with E-state index in [-0.39, 0.29) is 18.8 Å². The quantitative estimate of drug-likeness (QED) is 0.350. The van der Waals surface area contributed by atoms with Gasteiger partial charge >= 0.3 is 19.4 Å². The number of esters is 1. The molecule has 13 heteroatoms. The molecule has 2 heterocycles. The molecule has 1 aromatic carbocycles. The summed E-state index contributed by atoms with van der Waals surface area (Å²) in [5.74, 6) is -0.645. The van der Waals surface area contributed by atoms with Crippen LogP contribution in [0.25, 0.3) is 0 Å². The van der Waals surface area contributed by atoms with Crippen LogP contribution in [-0.4, -0.2) is 53.1 Å². The monoisotopic (exact) mass is 454 g/mol. The lowest BCUT2D eigenvalue weighted by atomic mass is 10.1. The lowest BCUT2D eigenvalue weighted by Crippen LogP contribution is -2.38. The van der Waals surface area contributed by atoms with E-state index in [1.165, 1.54) is 23.9 Å². The summed E-state index contributed by atoms with van der Waals surface area (Å²) in [6, 6.07) is 9.25. The van der Waals surface area contributed by atoms with Gasteiger partial charge < -0.3 is 24.8 Å². The van der Waals surface area contributed by atoms with E-state index < -0.39 is 44.6 Å². The molecule has 1 fully saturated rings. The summed E-state index contributed by atoms with van der Waals surface area (Å²) in [5.41, 5.74) is 5.60. The minimum absolute atomic E-state index is 0.00147. The van der Waals surface area contributed by atoms with E-state index in [2.05, 4.69) is 10.1 Å². The molecule has 168 valence electrons. The third kappa shape index (κ3) is 6.44. The van der Waals surface area contributed by atoms with Gasteiger partial charge in [0.25, 0.3) is 0 Å². The third-order valence-electron chi connectivity index (χ3n) is 4.37. The molecule has 1 saturated heterocycles. The number of ether oxygens (including phenoxy) is 3. The number of nitrogens with zero attached hydrogens (tertiary/aromatic N) is 2. The minimum atomic E-state index is -4.42. The van der Waals surface area contributed by atoms with Crippen molar-refractivity contribution in [2.24, 2.45) is 0 Å². The molecule has 0 saturated carbocycles. The maximum Gasteiger partial charge on any atom is 0.403 e. The van der Waals surface area contributed by atoms with Gasteiger partial charge in [0.1, 0.15) is 18.5 Å². The first kappa shape index (κ1) is 23.1. The molecule has 4 atom stereocenters. The Morgan fingerprint density at radius 2 is 2.16 bits per heavy atom. The van der Waals surface area contributed by atoms with E-state index in [4.69, 9.17) is 24.5 Å². The number of carbonyl (C=O) groups excluding carboxylic acids is 1. The van der Waals surface area contributed by atoms with Crippen molar-refractivity contribution in [3.05, 3.63) is 58.6 Å². The summed E-state index contributed by atoms with van der Waals surface area (Å²) >= 11 is 0. The maximum absolute atomic E-state index is 12.5. The molecule has 4 N–H and O–H groups in total. The number of nitrogen functional groups attached to an aromatic ring is 1. The van der Waals surface area contributed by atoms with Gasteiger partial charge in [0.15, 0.2) is 12.5 Å². The molecule has 0 radical (unpaired) electrons. The van der Waals surface area contributed by atoms with Gasteiger partial charge in [-0.05, 0) is 18.1 Å². The molecule has 0 amide bonds. The molecule has 2 aromatic rings. The van der Waals surface area contributed by atoms with E-state index in [9.17, 15) is 19.0 Å². The lowest BCUT2D eigenvalue weighted by molar-refractivity contribution is -0.142. The second kappa shape index (κ2) is 10.1. The van der Waals surface area contributed by atoms with Gasteiger partial charge in [0.05, 0.1) is 13.7 Å². The fraction of sp³-hybridized carbons (Fsp3) is 0.389. The van der Waals surface area contributed by atoms with Crippen molar-refractivity contribution < 1.29 is 33.0 Å². The zero-order valence-corrected chi connectivity index (χ0v) is 17.5. The third-order valence-corrected chi connectivity index (χ3v) is 5.51. The van der Waals surface area contributed by atoms with Gasteiger partial charge in [-0.2, -0.15) is 4.98 Å². The number of hydrogen-bond acceptors (Lipinski definition) is 9. The molecule has 1 aliphatic rings. The van der Waals surface area contributed by atoms with Crippen LogP contribution in [0.2, 0.25) is 0 Å². The number of benzene rings is 1. The highest BCUT2D eigenvalue weighted by Gasteiger charge is 2.34. The predicted octanol–water partition coefficient (Wildman–Crippen LogP) is 0.188. The maximum atomic E-state index is 12.5. The Kier molecular flexibility index (Phi) is 7.55. The SMILES string of the molecule is COC(=O)C(Cc1ccccc1)NP(=O)(O)OCC1OCC(n2ccc(N)nc2=O)O1. The van der Waals surface area contributed by atoms with Crippen molar-refractivity contribution in [1.29, 1.82) is 0 Å². The fourth-order valence-corrected chi connectivity index (χ4v) is 3.88. The van der Waals surface area contributed by atoms with Crippen LogP contribution in [0.4, 0.5) is 5.82 Å². The summed E-state index contributed by atoms with van der Waals surface area (Å²) in [6.07, 6.45) is -0.277. The highest BCUT2D eigenvalue weighted by molar-refractivity contribution is 7.50. The second-order valence-corrected chi connectivity index (χ2v) is 8.16.